The second-order valence-corrected chi connectivity index (χ2v) is 14.6. The Morgan fingerprint density at radius 1 is 1.07 bits per heavy atom. The summed E-state index contributed by atoms with van der Waals surface area (Å²) in [7, 11) is 0.657. The number of benzene rings is 1. The fraction of sp³-hybridized carbons (Fsp3) is 0.516. The first-order valence-corrected chi connectivity index (χ1v) is 15.9. The van der Waals surface area contributed by atoms with Crippen molar-refractivity contribution in [2.45, 2.75) is 65.2 Å². The molecule has 2 atom stereocenters. The van der Waals surface area contributed by atoms with Gasteiger partial charge in [0.05, 0.1) is 18.6 Å². The zero-order valence-corrected chi connectivity index (χ0v) is 26.5. The van der Waals surface area contributed by atoms with Gasteiger partial charge in [0, 0.05) is 23.1 Å². The van der Waals surface area contributed by atoms with Gasteiger partial charge in [-0.05, 0) is 77.8 Å². The molecule has 5 rings (SSSR count). The summed E-state index contributed by atoms with van der Waals surface area (Å²) in [5.41, 5.74) is 1.38. The van der Waals surface area contributed by atoms with Gasteiger partial charge in [0.2, 0.25) is 0 Å². The standard InChI is InChI=1S/C31H37N2O6PS/c1-8-9-20-12-22(15-40-14-20)21-10-11-24-23(13-21)31(30(18-37-24)16-36-17-30)19-41-25(32-31)33(26(34)38-28(2,3)4)27(35)39-29(5,6)7/h10-13,15,40H,14,16-19H2,1-7H3. The molecule has 2 spiro atoms. The van der Waals surface area contributed by atoms with Crippen molar-refractivity contribution in [1.82, 2.24) is 4.90 Å². The molecular weight excluding hydrogens is 559 g/mol. The van der Waals surface area contributed by atoms with Crippen LogP contribution in [0.4, 0.5) is 9.59 Å². The molecule has 0 N–H and O–H groups in total. The molecule has 0 saturated carbocycles. The molecule has 2 unspecified atom stereocenters. The highest BCUT2D eigenvalue weighted by molar-refractivity contribution is 8.14. The fourth-order valence-corrected chi connectivity index (χ4v) is 7.52. The Morgan fingerprint density at radius 3 is 2.34 bits per heavy atom. The molecule has 10 heteroatoms. The van der Waals surface area contributed by atoms with Crippen LogP contribution >= 0.6 is 20.3 Å². The quantitative estimate of drug-likeness (QED) is 0.269. The molecule has 4 heterocycles. The summed E-state index contributed by atoms with van der Waals surface area (Å²) >= 11 is 1.35. The van der Waals surface area contributed by atoms with E-state index >= 15 is 0 Å². The summed E-state index contributed by atoms with van der Waals surface area (Å²) in [6.07, 6.45) is 1.47. The molecular formula is C31H37N2O6PS. The van der Waals surface area contributed by atoms with E-state index in [0.29, 0.717) is 34.2 Å². The first-order valence-electron chi connectivity index (χ1n) is 13.7. The molecule has 1 fully saturated rings. The summed E-state index contributed by atoms with van der Waals surface area (Å²) in [4.78, 5) is 33.0. The van der Waals surface area contributed by atoms with Crippen LogP contribution in [0.25, 0.3) is 5.57 Å². The number of hydrogen-bond donors (Lipinski definition) is 0. The van der Waals surface area contributed by atoms with Crippen molar-refractivity contribution in [2.24, 2.45) is 10.4 Å². The number of ether oxygens (including phenoxy) is 4. The predicted octanol–water partition coefficient (Wildman–Crippen LogP) is 6.55. The number of fused-ring (bicyclic) bond motifs is 3. The first-order chi connectivity index (χ1) is 19.3. The second kappa shape index (κ2) is 10.8. The number of aliphatic imine (C=N–C) groups is 1. The molecule has 8 nitrogen and oxygen atoms in total. The summed E-state index contributed by atoms with van der Waals surface area (Å²) < 4.78 is 23.3. The molecule has 2 amide bonds. The van der Waals surface area contributed by atoms with Crippen molar-refractivity contribution >= 4 is 43.3 Å². The average Bonchev–Trinajstić information content (AvgIpc) is 3.26. The van der Waals surface area contributed by atoms with Gasteiger partial charge in [0.25, 0.3) is 0 Å². The Morgan fingerprint density at radius 2 is 1.76 bits per heavy atom. The lowest BCUT2D eigenvalue weighted by Crippen LogP contribution is -2.62. The molecule has 0 radical (unpaired) electrons. The van der Waals surface area contributed by atoms with Gasteiger partial charge in [0.15, 0.2) is 5.17 Å². The minimum absolute atomic E-state index is 0.247. The summed E-state index contributed by atoms with van der Waals surface area (Å²) in [5, 5.41) is 0.247. The van der Waals surface area contributed by atoms with Crippen molar-refractivity contribution in [3.05, 3.63) is 46.8 Å². The predicted molar refractivity (Wildman–Crippen MR) is 164 cm³/mol. The number of imide groups is 1. The van der Waals surface area contributed by atoms with Gasteiger partial charge in [-0.15, -0.1) is 5.92 Å². The Bertz CT molecular complexity index is 1390. The van der Waals surface area contributed by atoms with Gasteiger partial charge >= 0.3 is 12.2 Å². The normalized spacial score (nSPS) is 23.2. The Labute approximate surface area is 248 Å². The molecule has 1 saturated heterocycles. The third kappa shape index (κ3) is 5.80. The lowest BCUT2D eigenvalue weighted by molar-refractivity contribution is -0.176. The van der Waals surface area contributed by atoms with Crippen LogP contribution in [-0.4, -0.2) is 65.2 Å². The largest absolute Gasteiger partial charge is 0.492 e. The minimum Gasteiger partial charge on any atom is -0.492 e. The summed E-state index contributed by atoms with van der Waals surface area (Å²) in [6, 6.07) is 6.20. The number of nitrogens with zero attached hydrogens (tertiary/aromatic N) is 2. The maximum atomic E-state index is 13.4. The van der Waals surface area contributed by atoms with Crippen LogP contribution in [0.1, 0.15) is 59.6 Å². The smallest absolute Gasteiger partial charge is 0.426 e. The maximum absolute atomic E-state index is 13.4. The molecule has 41 heavy (non-hydrogen) atoms. The van der Waals surface area contributed by atoms with Crippen LogP contribution in [0.15, 0.2) is 40.7 Å². The third-order valence-corrected chi connectivity index (χ3v) is 9.30. The van der Waals surface area contributed by atoms with Gasteiger partial charge in [0.1, 0.15) is 29.1 Å². The average molecular weight is 597 g/mol. The highest BCUT2D eigenvalue weighted by Gasteiger charge is 2.64. The molecule has 4 aliphatic heterocycles. The van der Waals surface area contributed by atoms with E-state index in [9.17, 15) is 9.59 Å². The van der Waals surface area contributed by atoms with Crippen molar-refractivity contribution < 1.29 is 28.5 Å². The molecule has 1 aromatic carbocycles. The number of rotatable bonds is 1. The van der Waals surface area contributed by atoms with E-state index in [-0.39, 0.29) is 5.17 Å². The van der Waals surface area contributed by atoms with Crippen molar-refractivity contribution in [3.63, 3.8) is 0 Å². The van der Waals surface area contributed by atoms with E-state index in [4.69, 9.17) is 23.9 Å². The Balaban J connectivity index is 1.60. The van der Waals surface area contributed by atoms with E-state index in [1.54, 1.807) is 41.5 Å². The molecule has 218 valence electrons. The van der Waals surface area contributed by atoms with E-state index in [0.717, 1.165) is 39.1 Å². The number of carbonyl (C=O) groups is 2. The number of hydrogen-bond acceptors (Lipinski definition) is 8. The van der Waals surface area contributed by atoms with Crippen LogP contribution in [0.5, 0.6) is 5.75 Å². The van der Waals surface area contributed by atoms with E-state index in [1.165, 1.54) is 11.8 Å². The Kier molecular flexibility index (Phi) is 7.82. The number of allylic oxidation sites excluding steroid dienone is 3. The molecule has 4 aliphatic rings. The van der Waals surface area contributed by atoms with Crippen molar-refractivity contribution in [2.75, 3.05) is 31.7 Å². The van der Waals surface area contributed by atoms with Crippen LogP contribution in [-0.2, 0) is 19.7 Å². The molecule has 0 aromatic heterocycles. The van der Waals surface area contributed by atoms with Crippen LogP contribution < -0.4 is 4.74 Å². The summed E-state index contributed by atoms with van der Waals surface area (Å²) in [6.45, 7) is 13.8. The van der Waals surface area contributed by atoms with E-state index < -0.39 is 34.3 Å². The number of amidine groups is 1. The maximum Gasteiger partial charge on any atom is 0.426 e. The van der Waals surface area contributed by atoms with Gasteiger partial charge in [-0.25, -0.2) is 14.6 Å². The fourth-order valence-electron chi connectivity index (χ4n) is 5.18. The number of thioether (sulfide) groups is 1. The Hall–Kier alpha value is -2.79. The van der Waals surface area contributed by atoms with E-state index in [1.807, 2.05) is 13.0 Å². The number of amides is 2. The molecule has 0 aliphatic carbocycles. The zero-order valence-electron chi connectivity index (χ0n) is 24.7. The van der Waals surface area contributed by atoms with Crippen LogP contribution in [0, 0.1) is 17.3 Å². The first kappa shape index (κ1) is 29.7. The van der Waals surface area contributed by atoms with Gasteiger partial charge in [-0.1, -0.05) is 38.1 Å². The van der Waals surface area contributed by atoms with Crippen LogP contribution in [0.2, 0.25) is 0 Å². The van der Waals surface area contributed by atoms with Crippen molar-refractivity contribution in [3.8, 4) is 17.6 Å². The second-order valence-electron chi connectivity index (χ2n) is 12.6. The third-order valence-electron chi connectivity index (χ3n) is 7.10. The van der Waals surface area contributed by atoms with Crippen LogP contribution in [0.3, 0.4) is 0 Å². The van der Waals surface area contributed by atoms with Crippen molar-refractivity contribution in [1.29, 1.82) is 0 Å². The monoisotopic (exact) mass is 596 g/mol. The number of carbonyl (C=O) groups excluding carboxylic acids is 2. The highest BCUT2D eigenvalue weighted by atomic mass is 32.2. The minimum atomic E-state index is -0.821. The van der Waals surface area contributed by atoms with Gasteiger partial charge in [-0.3, -0.25) is 0 Å². The molecule has 0 bridgehead atoms. The lowest BCUT2D eigenvalue weighted by atomic mass is 9.64. The molecule has 1 aromatic rings. The topological polar surface area (TPSA) is 86.7 Å². The van der Waals surface area contributed by atoms with E-state index in [2.05, 4.69) is 35.9 Å². The zero-order chi connectivity index (χ0) is 29.6. The lowest BCUT2D eigenvalue weighted by Gasteiger charge is -2.54. The highest BCUT2D eigenvalue weighted by Crippen LogP contribution is 2.58. The van der Waals surface area contributed by atoms with Gasteiger partial charge in [-0.2, -0.15) is 4.90 Å². The SMILES string of the molecule is CC#CC1=CC(c2ccc3c(c2)C2(CSC(N(C(=O)OC(C)(C)C)C(=O)OC(C)(C)C)=N2)C2(COC2)CO3)=CPC1. The van der Waals surface area contributed by atoms with Gasteiger partial charge < -0.3 is 18.9 Å². The summed E-state index contributed by atoms with van der Waals surface area (Å²) in [5.74, 6) is 9.74.